The van der Waals surface area contributed by atoms with Gasteiger partial charge in [-0.1, -0.05) is 0 Å². The van der Waals surface area contributed by atoms with E-state index in [1.54, 1.807) is 22.9 Å². The van der Waals surface area contributed by atoms with Crippen molar-refractivity contribution in [2.75, 3.05) is 7.11 Å². The maximum absolute atomic E-state index is 10.9. The van der Waals surface area contributed by atoms with Crippen molar-refractivity contribution in [3.63, 3.8) is 0 Å². The van der Waals surface area contributed by atoms with E-state index in [0.717, 1.165) is 15.8 Å². The Morgan fingerprint density at radius 3 is 3.00 bits per heavy atom. The fourth-order valence-corrected chi connectivity index (χ4v) is 2.03. The van der Waals surface area contributed by atoms with Crippen molar-refractivity contribution in [3.05, 3.63) is 23.2 Å². The second-order valence-electron chi connectivity index (χ2n) is 2.94. The number of hydrogen-bond acceptors (Lipinski definition) is 5. The summed E-state index contributed by atoms with van der Waals surface area (Å²) in [7, 11) is 1.28. The number of rotatable bonds is 1. The van der Waals surface area contributed by atoms with Crippen LogP contribution in [0.15, 0.2) is 17.6 Å². The van der Waals surface area contributed by atoms with Crippen LogP contribution in [0.1, 0.15) is 5.56 Å². The molecule has 0 bridgehead atoms. The van der Waals surface area contributed by atoms with Gasteiger partial charge in [-0.25, -0.2) is 9.78 Å². The van der Waals surface area contributed by atoms with Crippen LogP contribution in [0.2, 0.25) is 0 Å². The van der Waals surface area contributed by atoms with Gasteiger partial charge in [0.2, 0.25) is 0 Å². The molecule has 0 atom stereocenters. The van der Waals surface area contributed by atoms with Crippen molar-refractivity contribution in [1.82, 2.24) is 4.98 Å². The van der Waals surface area contributed by atoms with Crippen LogP contribution in [0, 0.1) is 6.92 Å². The van der Waals surface area contributed by atoms with Gasteiger partial charge in [0.15, 0.2) is 0 Å². The van der Waals surface area contributed by atoms with E-state index in [1.807, 2.05) is 13.0 Å². The molecule has 15 heavy (non-hydrogen) atoms. The van der Waals surface area contributed by atoms with Gasteiger partial charge >= 0.3 is 6.16 Å². The molecule has 5 heteroatoms. The monoisotopic (exact) mass is 223 g/mol. The quantitative estimate of drug-likeness (QED) is 0.551. The summed E-state index contributed by atoms with van der Waals surface area (Å²) in [6.45, 7) is 1.86. The molecule has 1 heterocycles. The average molecular weight is 223 g/mol. The van der Waals surface area contributed by atoms with Crippen molar-refractivity contribution in [2.45, 2.75) is 6.92 Å². The Kier molecular flexibility index (Phi) is 2.55. The predicted molar refractivity (Wildman–Crippen MR) is 57.4 cm³/mol. The Morgan fingerprint density at radius 2 is 2.27 bits per heavy atom. The van der Waals surface area contributed by atoms with Crippen LogP contribution in [0.5, 0.6) is 5.75 Å². The molecule has 0 aliphatic carbocycles. The van der Waals surface area contributed by atoms with Crippen LogP contribution < -0.4 is 4.74 Å². The van der Waals surface area contributed by atoms with E-state index in [4.69, 9.17) is 4.74 Å². The first kappa shape index (κ1) is 9.92. The lowest BCUT2D eigenvalue weighted by Gasteiger charge is -2.05. The molecule has 1 aromatic carbocycles. The van der Waals surface area contributed by atoms with Crippen LogP contribution in [0.25, 0.3) is 10.2 Å². The van der Waals surface area contributed by atoms with E-state index in [2.05, 4.69) is 9.72 Å². The van der Waals surface area contributed by atoms with Gasteiger partial charge in [-0.05, 0) is 19.1 Å². The summed E-state index contributed by atoms with van der Waals surface area (Å²) in [5.41, 5.74) is 3.47. The lowest BCUT2D eigenvalue weighted by Crippen LogP contribution is -2.08. The van der Waals surface area contributed by atoms with Crippen molar-refractivity contribution >= 4 is 27.7 Å². The summed E-state index contributed by atoms with van der Waals surface area (Å²) in [5, 5.41) is 0. The smallest absolute Gasteiger partial charge is 0.437 e. The number of hydrogen-bond donors (Lipinski definition) is 0. The molecule has 0 amide bonds. The predicted octanol–water partition coefficient (Wildman–Crippen LogP) is 2.75. The number of fused-ring (bicyclic) bond motifs is 1. The molecule has 0 saturated carbocycles. The zero-order valence-corrected chi connectivity index (χ0v) is 9.13. The molecule has 2 rings (SSSR count). The lowest BCUT2D eigenvalue weighted by molar-refractivity contribution is 0.121. The number of thiazole rings is 1. The topological polar surface area (TPSA) is 48.4 Å². The number of carbonyl (C=O) groups excluding carboxylic acids is 1. The molecule has 2 aromatic rings. The normalized spacial score (nSPS) is 10.3. The maximum Gasteiger partial charge on any atom is 0.513 e. The summed E-state index contributed by atoms with van der Waals surface area (Å²) in [5.74, 6) is 0.486. The maximum atomic E-state index is 10.9. The molecule has 0 aliphatic heterocycles. The number of nitrogens with zero attached hydrogens (tertiary/aromatic N) is 1. The van der Waals surface area contributed by atoms with Gasteiger partial charge in [-0.3, -0.25) is 0 Å². The van der Waals surface area contributed by atoms with E-state index >= 15 is 0 Å². The fraction of sp³-hybridized carbons (Fsp3) is 0.200. The first-order valence-electron chi connectivity index (χ1n) is 4.31. The first-order chi connectivity index (χ1) is 7.22. The van der Waals surface area contributed by atoms with Crippen molar-refractivity contribution in [1.29, 1.82) is 0 Å². The number of aryl methyl sites for hydroxylation is 1. The lowest BCUT2D eigenvalue weighted by atomic mass is 10.2. The summed E-state index contributed by atoms with van der Waals surface area (Å²) >= 11 is 1.55. The van der Waals surface area contributed by atoms with Crippen LogP contribution in [0.3, 0.4) is 0 Å². The molecule has 0 N–H and O–H groups in total. The molecule has 1 aromatic heterocycles. The molecule has 0 spiro atoms. The Morgan fingerprint density at radius 1 is 1.47 bits per heavy atom. The van der Waals surface area contributed by atoms with Crippen molar-refractivity contribution in [3.8, 4) is 5.75 Å². The number of aromatic nitrogens is 1. The number of carbonyl (C=O) groups is 1. The van der Waals surface area contributed by atoms with E-state index in [-0.39, 0.29) is 0 Å². The molecular formula is C10H9NO3S. The zero-order valence-electron chi connectivity index (χ0n) is 8.31. The van der Waals surface area contributed by atoms with Crippen molar-refractivity contribution in [2.24, 2.45) is 0 Å². The summed E-state index contributed by atoms with van der Waals surface area (Å²) in [6, 6.07) is 3.62. The average Bonchev–Trinajstić information content (AvgIpc) is 2.70. The van der Waals surface area contributed by atoms with Gasteiger partial charge in [-0.2, -0.15) is 0 Å². The third-order valence-electron chi connectivity index (χ3n) is 2.07. The standard InChI is InChI=1S/C10H9NO3S/c1-6-7(14-10(12)13-2)3-4-8-9(6)11-5-15-8/h3-5H,1-2H3. The third-order valence-corrected chi connectivity index (χ3v) is 2.86. The third kappa shape index (κ3) is 1.78. The van der Waals surface area contributed by atoms with E-state index in [0.29, 0.717) is 5.75 Å². The van der Waals surface area contributed by atoms with Crippen LogP contribution >= 0.6 is 11.3 Å². The minimum atomic E-state index is -0.715. The highest BCUT2D eigenvalue weighted by atomic mass is 32.1. The Balaban J connectivity index is 2.43. The highest BCUT2D eigenvalue weighted by Crippen LogP contribution is 2.28. The molecule has 0 aliphatic rings. The minimum Gasteiger partial charge on any atom is -0.437 e. The SMILES string of the molecule is COC(=O)Oc1ccc2scnc2c1C. The van der Waals surface area contributed by atoms with Gasteiger partial charge in [0, 0.05) is 5.56 Å². The number of benzene rings is 1. The second kappa shape index (κ2) is 3.86. The molecule has 78 valence electrons. The number of ether oxygens (including phenoxy) is 2. The zero-order chi connectivity index (χ0) is 10.8. The van der Waals surface area contributed by atoms with Gasteiger partial charge in [0.1, 0.15) is 5.75 Å². The van der Waals surface area contributed by atoms with E-state index in [1.165, 1.54) is 7.11 Å². The highest BCUT2D eigenvalue weighted by molar-refractivity contribution is 7.16. The van der Waals surface area contributed by atoms with Crippen LogP contribution in [-0.2, 0) is 4.74 Å². The Bertz CT molecular complexity index is 506. The molecule has 0 unspecified atom stereocenters. The first-order valence-corrected chi connectivity index (χ1v) is 5.19. The van der Waals surface area contributed by atoms with E-state index in [9.17, 15) is 4.79 Å². The summed E-state index contributed by atoms with van der Waals surface area (Å²) in [4.78, 5) is 15.1. The Labute approximate surface area is 90.5 Å². The molecular weight excluding hydrogens is 214 g/mol. The summed E-state index contributed by atoms with van der Waals surface area (Å²) < 4.78 is 10.5. The molecule has 0 saturated heterocycles. The van der Waals surface area contributed by atoms with Crippen LogP contribution in [0.4, 0.5) is 4.79 Å². The molecule has 0 radical (unpaired) electrons. The highest BCUT2D eigenvalue weighted by Gasteiger charge is 2.10. The molecule has 4 nitrogen and oxygen atoms in total. The fourth-order valence-electron chi connectivity index (χ4n) is 1.29. The Hall–Kier alpha value is -1.62. The van der Waals surface area contributed by atoms with E-state index < -0.39 is 6.16 Å². The largest absolute Gasteiger partial charge is 0.513 e. The molecule has 0 fully saturated rings. The minimum absolute atomic E-state index is 0.486. The second-order valence-corrected chi connectivity index (χ2v) is 3.83. The van der Waals surface area contributed by atoms with Gasteiger partial charge in [-0.15, -0.1) is 11.3 Å². The summed E-state index contributed by atoms with van der Waals surface area (Å²) in [6.07, 6.45) is -0.715. The van der Waals surface area contributed by atoms with Gasteiger partial charge < -0.3 is 9.47 Å². The van der Waals surface area contributed by atoms with Gasteiger partial charge in [0.25, 0.3) is 0 Å². The van der Waals surface area contributed by atoms with Gasteiger partial charge in [0.05, 0.1) is 22.8 Å². The van der Waals surface area contributed by atoms with Crippen molar-refractivity contribution < 1.29 is 14.3 Å². The number of methoxy groups -OCH3 is 1. The van der Waals surface area contributed by atoms with Crippen LogP contribution in [-0.4, -0.2) is 18.2 Å².